The summed E-state index contributed by atoms with van der Waals surface area (Å²) in [6, 6.07) is 7.70. The molecule has 0 aromatic carbocycles. The van der Waals surface area contributed by atoms with E-state index in [1.54, 1.807) is 17.1 Å². The van der Waals surface area contributed by atoms with Crippen molar-refractivity contribution in [3.8, 4) is 6.07 Å². The van der Waals surface area contributed by atoms with E-state index in [2.05, 4.69) is 52.7 Å². The lowest BCUT2D eigenvalue weighted by molar-refractivity contribution is 0.622. The van der Waals surface area contributed by atoms with E-state index in [-0.39, 0.29) is 0 Å². The van der Waals surface area contributed by atoms with Crippen molar-refractivity contribution in [3.63, 3.8) is 0 Å². The summed E-state index contributed by atoms with van der Waals surface area (Å²) < 4.78 is 2.38. The number of allylic oxidation sites excluding steroid dienone is 2. The summed E-state index contributed by atoms with van der Waals surface area (Å²) in [5.41, 5.74) is 2.64. The third-order valence-corrected chi connectivity index (χ3v) is 3.90. The average molecular weight is 399 g/mol. The third kappa shape index (κ3) is 4.10. The molecule has 3 heterocycles. The molecule has 8 nitrogen and oxygen atoms in total. The van der Waals surface area contributed by atoms with Gasteiger partial charge in [0.1, 0.15) is 28.9 Å². The number of nitriles is 1. The van der Waals surface area contributed by atoms with Gasteiger partial charge in [0.25, 0.3) is 0 Å². The third-order valence-electron chi connectivity index (χ3n) is 3.46. The molecule has 1 aliphatic heterocycles. The molecule has 0 fully saturated rings. The van der Waals surface area contributed by atoms with Crippen molar-refractivity contribution >= 4 is 27.5 Å². The topological polar surface area (TPSA) is 104 Å². The fourth-order valence-corrected chi connectivity index (χ4v) is 2.59. The SMILES string of the molecule is CC1=CNC(=NCCn2cncn2)NC1=C(C#N)c1cccc(Br)n1. The van der Waals surface area contributed by atoms with Gasteiger partial charge < -0.3 is 10.6 Å². The lowest BCUT2D eigenvalue weighted by Crippen LogP contribution is -2.39. The van der Waals surface area contributed by atoms with Crippen molar-refractivity contribution in [3.05, 3.63) is 58.6 Å². The van der Waals surface area contributed by atoms with Gasteiger partial charge in [0.05, 0.1) is 24.5 Å². The molecule has 126 valence electrons. The van der Waals surface area contributed by atoms with Crippen LogP contribution in [0.4, 0.5) is 0 Å². The van der Waals surface area contributed by atoms with Crippen molar-refractivity contribution in [2.75, 3.05) is 6.54 Å². The largest absolute Gasteiger partial charge is 0.332 e. The Hall–Kier alpha value is -2.99. The molecule has 0 bridgehead atoms. The number of rotatable bonds is 4. The minimum absolute atomic E-state index is 0.459. The predicted molar refractivity (Wildman–Crippen MR) is 96.8 cm³/mol. The van der Waals surface area contributed by atoms with Crippen LogP contribution in [0.2, 0.25) is 0 Å². The van der Waals surface area contributed by atoms with Crippen LogP contribution >= 0.6 is 15.9 Å². The van der Waals surface area contributed by atoms with Crippen molar-refractivity contribution in [1.82, 2.24) is 30.4 Å². The van der Waals surface area contributed by atoms with E-state index in [9.17, 15) is 5.26 Å². The van der Waals surface area contributed by atoms with Gasteiger partial charge in [-0.3, -0.25) is 9.67 Å². The maximum absolute atomic E-state index is 9.62. The van der Waals surface area contributed by atoms with Crippen LogP contribution in [-0.2, 0) is 6.54 Å². The Kier molecular flexibility index (Phi) is 5.20. The van der Waals surface area contributed by atoms with Crippen LogP contribution in [0.1, 0.15) is 12.6 Å². The van der Waals surface area contributed by atoms with E-state index < -0.39 is 0 Å². The molecule has 25 heavy (non-hydrogen) atoms. The number of aromatic nitrogens is 4. The number of nitrogens with zero attached hydrogens (tertiary/aromatic N) is 6. The second-order valence-corrected chi connectivity index (χ2v) is 6.01. The number of aliphatic imine (C=N–C) groups is 1. The van der Waals surface area contributed by atoms with Crippen LogP contribution in [0, 0.1) is 11.3 Å². The fraction of sp³-hybridized carbons (Fsp3) is 0.188. The standard InChI is InChI=1S/C16H15BrN8/c1-11-8-21-16(20-5-6-25-10-19-9-22-25)24-15(11)12(7-18)13-3-2-4-14(17)23-13/h2-4,8-10H,5-6H2,1H3,(H2,20,21,24). The van der Waals surface area contributed by atoms with E-state index in [0.29, 0.717) is 40.6 Å². The van der Waals surface area contributed by atoms with Gasteiger partial charge in [-0.1, -0.05) is 6.07 Å². The Balaban J connectivity index is 1.83. The first-order valence-electron chi connectivity index (χ1n) is 7.52. The van der Waals surface area contributed by atoms with Crippen LogP contribution in [0.5, 0.6) is 0 Å². The first-order chi connectivity index (χ1) is 12.2. The number of nitrogens with one attached hydrogen (secondary N) is 2. The normalized spacial score (nSPS) is 17.3. The molecule has 3 rings (SSSR count). The van der Waals surface area contributed by atoms with Crippen LogP contribution in [-0.4, -0.2) is 32.3 Å². The smallest absolute Gasteiger partial charge is 0.199 e. The van der Waals surface area contributed by atoms with Gasteiger partial charge >= 0.3 is 0 Å². The first-order valence-corrected chi connectivity index (χ1v) is 8.31. The van der Waals surface area contributed by atoms with Crippen molar-refractivity contribution in [2.24, 2.45) is 4.99 Å². The molecule has 0 atom stereocenters. The zero-order valence-corrected chi connectivity index (χ0v) is 15.0. The summed E-state index contributed by atoms with van der Waals surface area (Å²) >= 11 is 3.34. The van der Waals surface area contributed by atoms with Crippen LogP contribution < -0.4 is 10.6 Å². The highest BCUT2D eigenvalue weighted by atomic mass is 79.9. The van der Waals surface area contributed by atoms with E-state index in [1.165, 1.54) is 6.33 Å². The van der Waals surface area contributed by atoms with Crippen molar-refractivity contribution in [2.45, 2.75) is 13.5 Å². The van der Waals surface area contributed by atoms with Gasteiger partial charge in [-0.15, -0.1) is 0 Å². The Morgan fingerprint density at radius 2 is 2.32 bits per heavy atom. The second kappa shape index (κ2) is 7.72. The van der Waals surface area contributed by atoms with Gasteiger partial charge in [-0.05, 0) is 40.6 Å². The maximum Gasteiger partial charge on any atom is 0.199 e. The quantitative estimate of drug-likeness (QED) is 0.601. The highest BCUT2D eigenvalue weighted by Crippen LogP contribution is 2.22. The van der Waals surface area contributed by atoms with Crippen LogP contribution in [0.15, 0.2) is 57.9 Å². The summed E-state index contributed by atoms with van der Waals surface area (Å²) in [6.45, 7) is 3.06. The molecule has 0 radical (unpaired) electrons. The van der Waals surface area contributed by atoms with Crippen LogP contribution in [0.3, 0.4) is 0 Å². The molecular weight excluding hydrogens is 384 g/mol. The highest BCUT2D eigenvalue weighted by molar-refractivity contribution is 9.10. The molecule has 9 heteroatoms. The van der Waals surface area contributed by atoms with E-state index in [1.807, 2.05) is 25.3 Å². The number of guanidine groups is 1. The summed E-state index contributed by atoms with van der Waals surface area (Å²) in [5, 5.41) is 19.9. The summed E-state index contributed by atoms with van der Waals surface area (Å²) in [4.78, 5) is 12.7. The monoisotopic (exact) mass is 398 g/mol. The van der Waals surface area contributed by atoms with E-state index in [4.69, 9.17) is 0 Å². The van der Waals surface area contributed by atoms with Gasteiger partial charge in [0.15, 0.2) is 5.96 Å². The molecule has 0 aliphatic carbocycles. The minimum atomic E-state index is 0.459. The molecule has 2 aromatic rings. The van der Waals surface area contributed by atoms with E-state index >= 15 is 0 Å². The summed E-state index contributed by atoms with van der Waals surface area (Å²) in [5.74, 6) is 0.573. The predicted octanol–water partition coefficient (Wildman–Crippen LogP) is 1.82. The van der Waals surface area contributed by atoms with Crippen LogP contribution in [0.25, 0.3) is 5.57 Å². The number of hydrogen-bond donors (Lipinski definition) is 2. The summed E-state index contributed by atoms with van der Waals surface area (Å²) in [6.07, 6.45) is 4.95. The molecule has 1 aliphatic rings. The van der Waals surface area contributed by atoms with Gasteiger partial charge in [0, 0.05) is 6.20 Å². The molecule has 0 amide bonds. The summed E-state index contributed by atoms with van der Waals surface area (Å²) in [7, 11) is 0. The Morgan fingerprint density at radius 1 is 1.44 bits per heavy atom. The lowest BCUT2D eigenvalue weighted by atomic mass is 10.1. The number of pyridine rings is 1. The van der Waals surface area contributed by atoms with Crippen molar-refractivity contribution in [1.29, 1.82) is 5.26 Å². The van der Waals surface area contributed by atoms with Crippen molar-refractivity contribution < 1.29 is 0 Å². The van der Waals surface area contributed by atoms with E-state index in [0.717, 1.165) is 5.57 Å². The zero-order chi connectivity index (χ0) is 17.6. The maximum atomic E-state index is 9.62. The molecule has 2 aromatic heterocycles. The Labute approximate surface area is 153 Å². The fourth-order valence-electron chi connectivity index (χ4n) is 2.25. The molecular formula is C16H15BrN8. The van der Waals surface area contributed by atoms with Gasteiger partial charge in [-0.25, -0.2) is 9.97 Å². The Morgan fingerprint density at radius 3 is 3.04 bits per heavy atom. The minimum Gasteiger partial charge on any atom is -0.332 e. The lowest BCUT2D eigenvalue weighted by Gasteiger charge is -2.21. The number of halogens is 1. The molecule has 2 N–H and O–H groups in total. The Bertz CT molecular complexity index is 889. The molecule has 0 saturated carbocycles. The van der Waals surface area contributed by atoms with Gasteiger partial charge in [-0.2, -0.15) is 10.4 Å². The van der Waals surface area contributed by atoms with Gasteiger partial charge in [0.2, 0.25) is 0 Å². The molecule has 0 saturated heterocycles. The zero-order valence-electron chi connectivity index (χ0n) is 13.4. The second-order valence-electron chi connectivity index (χ2n) is 5.19. The molecule has 0 spiro atoms. The highest BCUT2D eigenvalue weighted by Gasteiger charge is 2.17. The average Bonchev–Trinajstić information content (AvgIpc) is 3.12. The number of hydrogen-bond acceptors (Lipinski definition) is 5. The molecule has 0 unspecified atom stereocenters. The first kappa shape index (κ1) is 16.9.